The summed E-state index contributed by atoms with van der Waals surface area (Å²) in [5.74, 6) is -0.713. The lowest BCUT2D eigenvalue weighted by Gasteiger charge is -2.14. The highest BCUT2D eigenvalue weighted by Gasteiger charge is 2.38. The van der Waals surface area contributed by atoms with Gasteiger partial charge in [0.15, 0.2) is 9.84 Å². The molecule has 8 nitrogen and oxygen atoms in total. The number of carbonyl (C=O) groups excluding carboxylic acids is 3. The predicted octanol–water partition coefficient (Wildman–Crippen LogP) is 0.844. The molecule has 0 aliphatic carbocycles. The fourth-order valence-electron chi connectivity index (χ4n) is 3.20. The quantitative estimate of drug-likeness (QED) is 0.671. The molecule has 2 aliphatic rings. The molecule has 0 bridgehead atoms. The molecule has 0 saturated carbocycles. The highest BCUT2D eigenvalue weighted by atomic mass is 35.5. The van der Waals surface area contributed by atoms with Crippen molar-refractivity contribution >= 4 is 39.3 Å². The van der Waals surface area contributed by atoms with Crippen LogP contribution in [0.5, 0.6) is 0 Å². The van der Waals surface area contributed by atoms with Crippen LogP contribution in [-0.4, -0.2) is 54.8 Å². The van der Waals surface area contributed by atoms with Gasteiger partial charge in [0.25, 0.3) is 5.91 Å². The van der Waals surface area contributed by atoms with Gasteiger partial charge in [-0.1, -0.05) is 29.8 Å². The second-order valence-electron chi connectivity index (χ2n) is 6.72. The van der Waals surface area contributed by atoms with Gasteiger partial charge in [-0.05, 0) is 24.5 Å². The Morgan fingerprint density at radius 1 is 1.30 bits per heavy atom. The van der Waals surface area contributed by atoms with Gasteiger partial charge in [0.05, 0.1) is 18.1 Å². The maximum Gasteiger partial charge on any atom is 0.325 e. The van der Waals surface area contributed by atoms with Gasteiger partial charge in [0.1, 0.15) is 6.04 Å². The van der Waals surface area contributed by atoms with E-state index in [1.54, 1.807) is 24.3 Å². The minimum absolute atomic E-state index is 0.0210. The van der Waals surface area contributed by atoms with Crippen LogP contribution in [0.4, 0.5) is 4.79 Å². The maximum absolute atomic E-state index is 12.5. The number of hydrogen-bond acceptors (Lipinski definition) is 5. The van der Waals surface area contributed by atoms with Crippen molar-refractivity contribution in [2.75, 3.05) is 11.5 Å². The Labute approximate surface area is 162 Å². The number of hydrogen-bond donors (Lipinski definition) is 2. The number of sulfone groups is 1. The molecule has 2 heterocycles. The van der Waals surface area contributed by atoms with Gasteiger partial charge in [-0.25, -0.2) is 13.2 Å². The summed E-state index contributed by atoms with van der Waals surface area (Å²) >= 11 is 6.07. The lowest BCUT2D eigenvalue weighted by molar-refractivity contribution is -0.128. The number of halogens is 1. The summed E-state index contributed by atoms with van der Waals surface area (Å²) in [7, 11) is -3.07. The number of nitrogens with one attached hydrogen (secondary N) is 2. The first kappa shape index (κ1) is 19.6. The second kappa shape index (κ2) is 7.85. The molecule has 1 aromatic carbocycles. The van der Waals surface area contributed by atoms with Crippen molar-refractivity contribution in [3.05, 3.63) is 34.9 Å². The molecule has 0 radical (unpaired) electrons. The molecular formula is C17H20ClN3O5S. The molecule has 0 aromatic heterocycles. The Bertz CT molecular complexity index is 873. The normalized spacial score (nSPS) is 24.1. The van der Waals surface area contributed by atoms with Crippen LogP contribution in [0.2, 0.25) is 5.02 Å². The van der Waals surface area contributed by atoms with Gasteiger partial charge in [-0.15, -0.1) is 0 Å². The molecule has 146 valence electrons. The molecule has 2 fully saturated rings. The molecule has 2 atom stereocenters. The minimum Gasteiger partial charge on any atom is -0.352 e. The van der Waals surface area contributed by atoms with Crippen molar-refractivity contribution in [1.82, 2.24) is 15.5 Å². The van der Waals surface area contributed by atoms with Gasteiger partial charge < -0.3 is 10.6 Å². The molecule has 1 aromatic rings. The van der Waals surface area contributed by atoms with E-state index in [2.05, 4.69) is 10.6 Å². The van der Waals surface area contributed by atoms with Crippen LogP contribution in [0.1, 0.15) is 24.8 Å². The summed E-state index contributed by atoms with van der Waals surface area (Å²) in [4.78, 5) is 37.6. The third kappa shape index (κ3) is 4.78. The summed E-state index contributed by atoms with van der Waals surface area (Å²) < 4.78 is 22.8. The van der Waals surface area contributed by atoms with E-state index in [4.69, 9.17) is 11.6 Å². The van der Waals surface area contributed by atoms with Gasteiger partial charge in [-0.3, -0.25) is 14.5 Å². The van der Waals surface area contributed by atoms with Crippen molar-refractivity contribution in [3.8, 4) is 0 Å². The highest BCUT2D eigenvalue weighted by Crippen LogP contribution is 2.20. The summed E-state index contributed by atoms with van der Waals surface area (Å²) in [5.41, 5.74) is 0.656. The number of rotatable bonds is 6. The van der Waals surface area contributed by atoms with E-state index in [-0.39, 0.29) is 42.8 Å². The van der Waals surface area contributed by atoms with Gasteiger partial charge in [0, 0.05) is 17.5 Å². The minimum atomic E-state index is -3.07. The lowest BCUT2D eigenvalue weighted by Crippen LogP contribution is -2.37. The van der Waals surface area contributed by atoms with Gasteiger partial charge in [-0.2, -0.15) is 0 Å². The van der Waals surface area contributed by atoms with Gasteiger partial charge in [0.2, 0.25) is 5.91 Å². The zero-order chi connectivity index (χ0) is 19.6. The summed E-state index contributed by atoms with van der Waals surface area (Å²) in [6.07, 6.45) is 0.570. The Balaban J connectivity index is 1.51. The molecular weight excluding hydrogens is 394 g/mol. The molecule has 27 heavy (non-hydrogen) atoms. The molecule has 3 rings (SSSR count). The average Bonchev–Trinajstić information content (AvgIpc) is 3.07. The predicted molar refractivity (Wildman–Crippen MR) is 98.8 cm³/mol. The maximum atomic E-state index is 12.5. The van der Waals surface area contributed by atoms with E-state index in [9.17, 15) is 22.8 Å². The van der Waals surface area contributed by atoms with Crippen molar-refractivity contribution in [1.29, 1.82) is 0 Å². The first-order chi connectivity index (χ1) is 12.7. The van der Waals surface area contributed by atoms with Gasteiger partial charge >= 0.3 is 6.03 Å². The number of nitrogens with zero attached hydrogens (tertiary/aromatic N) is 1. The molecule has 4 amide bonds. The van der Waals surface area contributed by atoms with Crippen molar-refractivity contribution in [2.45, 2.75) is 37.9 Å². The zero-order valence-electron chi connectivity index (χ0n) is 14.5. The number of imide groups is 1. The van der Waals surface area contributed by atoms with Crippen LogP contribution < -0.4 is 10.6 Å². The first-order valence-electron chi connectivity index (χ1n) is 8.60. The zero-order valence-corrected chi connectivity index (χ0v) is 16.1. The van der Waals surface area contributed by atoms with Crippen LogP contribution in [0.3, 0.4) is 0 Å². The fourth-order valence-corrected chi connectivity index (χ4v) is 5.07. The molecule has 2 N–H and O–H groups in total. The van der Waals surface area contributed by atoms with Crippen LogP contribution in [0, 0.1) is 0 Å². The van der Waals surface area contributed by atoms with E-state index in [1.165, 1.54) is 0 Å². The highest BCUT2D eigenvalue weighted by molar-refractivity contribution is 7.91. The van der Waals surface area contributed by atoms with E-state index in [0.717, 1.165) is 4.90 Å². The van der Waals surface area contributed by atoms with E-state index in [1.807, 2.05) is 0 Å². The summed E-state index contributed by atoms with van der Waals surface area (Å²) in [5, 5.41) is 5.71. The number of amides is 4. The Morgan fingerprint density at radius 2 is 2.04 bits per heavy atom. The van der Waals surface area contributed by atoms with Crippen LogP contribution in [0.15, 0.2) is 24.3 Å². The van der Waals surface area contributed by atoms with Crippen LogP contribution in [-0.2, 0) is 26.0 Å². The smallest absolute Gasteiger partial charge is 0.325 e. The van der Waals surface area contributed by atoms with E-state index < -0.39 is 27.8 Å². The summed E-state index contributed by atoms with van der Waals surface area (Å²) in [6, 6.07) is 5.26. The second-order valence-corrected chi connectivity index (χ2v) is 9.36. The average molecular weight is 414 g/mol. The number of carbonyl (C=O) groups is 3. The van der Waals surface area contributed by atoms with Crippen molar-refractivity contribution in [3.63, 3.8) is 0 Å². The third-order valence-corrected chi connectivity index (χ3v) is 6.79. The molecule has 2 unspecified atom stereocenters. The molecule has 2 saturated heterocycles. The number of urea groups is 1. The topological polar surface area (TPSA) is 113 Å². The third-order valence-electron chi connectivity index (χ3n) is 4.65. The summed E-state index contributed by atoms with van der Waals surface area (Å²) in [6.45, 7) is 0.0625. The Kier molecular flexibility index (Phi) is 5.71. The van der Waals surface area contributed by atoms with Crippen LogP contribution >= 0.6 is 11.6 Å². The standard InChI is InChI=1S/C17H20ClN3O5S/c18-13-4-2-1-3-11(13)9-21-16(23)14(20-17(21)24)5-6-15(22)19-12-7-8-27(25,26)10-12/h1-4,12,14H,5-10H2,(H,19,22)(H,20,24). The largest absolute Gasteiger partial charge is 0.352 e. The molecule has 2 aliphatic heterocycles. The molecule has 10 heteroatoms. The lowest BCUT2D eigenvalue weighted by atomic mass is 10.1. The monoisotopic (exact) mass is 413 g/mol. The first-order valence-corrected chi connectivity index (χ1v) is 10.8. The van der Waals surface area contributed by atoms with E-state index in [0.29, 0.717) is 17.0 Å². The Morgan fingerprint density at radius 3 is 2.70 bits per heavy atom. The van der Waals surface area contributed by atoms with E-state index >= 15 is 0 Å². The fraction of sp³-hybridized carbons (Fsp3) is 0.471. The molecule has 0 spiro atoms. The van der Waals surface area contributed by atoms with Crippen LogP contribution in [0.25, 0.3) is 0 Å². The van der Waals surface area contributed by atoms with Crippen molar-refractivity contribution < 1.29 is 22.8 Å². The van der Waals surface area contributed by atoms with Crippen molar-refractivity contribution in [2.24, 2.45) is 0 Å². The SMILES string of the molecule is O=C(CCC1NC(=O)N(Cc2ccccc2Cl)C1=O)NC1CCS(=O)(=O)C1. The Hall–Kier alpha value is -2.13. The number of benzene rings is 1.